The second-order valence-electron chi connectivity index (χ2n) is 6.21. The lowest BCUT2D eigenvalue weighted by Gasteiger charge is -2.18. The highest BCUT2D eigenvalue weighted by molar-refractivity contribution is 7.89. The van der Waals surface area contributed by atoms with Gasteiger partial charge in [0.05, 0.1) is 22.7 Å². The molecule has 0 amide bonds. The van der Waals surface area contributed by atoms with Crippen LogP contribution in [0.2, 0.25) is 0 Å². The van der Waals surface area contributed by atoms with Gasteiger partial charge in [-0.1, -0.05) is 13.0 Å². The molecule has 3 rings (SSSR count). The summed E-state index contributed by atoms with van der Waals surface area (Å²) in [6.45, 7) is 1.63. The van der Waals surface area contributed by atoms with Gasteiger partial charge in [0, 0.05) is 6.54 Å². The van der Waals surface area contributed by atoms with Crippen LogP contribution in [-0.2, 0) is 22.6 Å². The summed E-state index contributed by atoms with van der Waals surface area (Å²) in [5, 5.41) is 0. The molecule has 11 heteroatoms. The van der Waals surface area contributed by atoms with Gasteiger partial charge in [-0.05, 0) is 31.0 Å². The lowest BCUT2D eigenvalue weighted by atomic mass is 10.2. The topological polar surface area (TPSA) is 72.4 Å². The number of sulfonamides is 1. The van der Waals surface area contributed by atoms with Crippen molar-refractivity contribution >= 4 is 10.0 Å². The van der Waals surface area contributed by atoms with Crippen LogP contribution in [0.1, 0.15) is 24.6 Å². The van der Waals surface area contributed by atoms with Crippen molar-refractivity contribution in [1.82, 2.24) is 14.3 Å². The van der Waals surface area contributed by atoms with Crippen molar-refractivity contribution in [1.29, 1.82) is 0 Å². The van der Waals surface area contributed by atoms with E-state index in [0.717, 1.165) is 28.8 Å². The van der Waals surface area contributed by atoms with Crippen molar-refractivity contribution in [3.8, 4) is 5.88 Å². The first kappa shape index (κ1) is 20.5. The zero-order valence-electron chi connectivity index (χ0n) is 14.8. The quantitative estimate of drug-likeness (QED) is 0.697. The van der Waals surface area contributed by atoms with Gasteiger partial charge in [0.15, 0.2) is 0 Å². The molecule has 0 bridgehead atoms. The molecule has 2 aromatic rings. The predicted octanol–water partition coefficient (Wildman–Crippen LogP) is 3.04. The van der Waals surface area contributed by atoms with E-state index in [2.05, 4.69) is 9.97 Å². The largest absolute Gasteiger partial charge is 0.471 e. The van der Waals surface area contributed by atoms with Gasteiger partial charge >= 0.3 is 6.18 Å². The van der Waals surface area contributed by atoms with Crippen LogP contribution in [0.3, 0.4) is 0 Å². The third kappa shape index (κ3) is 4.09. The van der Waals surface area contributed by atoms with E-state index >= 15 is 0 Å². The second kappa shape index (κ2) is 7.63. The number of rotatable bonds is 5. The Morgan fingerprint density at radius 2 is 2.04 bits per heavy atom. The molecule has 1 aliphatic heterocycles. The van der Waals surface area contributed by atoms with Gasteiger partial charge in [0.1, 0.15) is 12.4 Å². The summed E-state index contributed by atoms with van der Waals surface area (Å²) in [6.07, 6.45) is -3.57. The number of aromatic nitrogens is 2. The van der Waals surface area contributed by atoms with Crippen LogP contribution in [-0.4, -0.2) is 41.9 Å². The standard InChI is InChI=1S/C17H17F4N3O3S/c1-2-14-15(18)16(23-10-22-14)27-12-6-7-24(9-12)28(25,26)13-5-3-4-11(8-13)17(19,20)21/h3-5,8,10,12H,2,6-7,9H2,1H3. The van der Waals surface area contributed by atoms with E-state index in [4.69, 9.17) is 4.74 Å². The molecule has 28 heavy (non-hydrogen) atoms. The molecule has 1 saturated heterocycles. The summed E-state index contributed by atoms with van der Waals surface area (Å²) < 4.78 is 84.6. The van der Waals surface area contributed by atoms with Crippen LogP contribution in [0.4, 0.5) is 17.6 Å². The Labute approximate surface area is 159 Å². The highest BCUT2D eigenvalue weighted by Gasteiger charge is 2.36. The third-order valence-electron chi connectivity index (χ3n) is 4.35. The number of nitrogens with zero attached hydrogens (tertiary/aromatic N) is 3. The number of benzene rings is 1. The number of hydrogen-bond donors (Lipinski definition) is 0. The fraction of sp³-hybridized carbons (Fsp3) is 0.412. The van der Waals surface area contributed by atoms with Crippen LogP contribution < -0.4 is 4.74 Å². The summed E-state index contributed by atoms with van der Waals surface area (Å²) in [6, 6.07) is 3.55. The normalized spacial score (nSPS) is 18.4. The van der Waals surface area contributed by atoms with Crippen LogP contribution in [0, 0.1) is 5.82 Å². The van der Waals surface area contributed by atoms with Gasteiger partial charge in [-0.15, -0.1) is 0 Å². The number of hydrogen-bond acceptors (Lipinski definition) is 5. The fourth-order valence-electron chi connectivity index (χ4n) is 2.87. The zero-order chi connectivity index (χ0) is 20.5. The number of alkyl halides is 3. The number of ether oxygens (including phenoxy) is 1. The average molecular weight is 419 g/mol. The molecule has 0 aliphatic carbocycles. The molecule has 1 unspecified atom stereocenters. The van der Waals surface area contributed by atoms with Crippen molar-refractivity contribution in [2.24, 2.45) is 0 Å². The molecule has 1 aromatic carbocycles. The molecule has 1 aliphatic rings. The molecule has 2 heterocycles. The molecule has 0 N–H and O–H groups in total. The summed E-state index contributed by atoms with van der Waals surface area (Å²) in [5.41, 5.74) is -0.868. The summed E-state index contributed by atoms with van der Waals surface area (Å²) in [5.74, 6) is -0.973. The van der Waals surface area contributed by atoms with Crippen LogP contribution in [0.15, 0.2) is 35.5 Å². The summed E-state index contributed by atoms with van der Waals surface area (Å²) in [4.78, 5) is 7.07. The van der Waals surface area contributed by atoms with E-state index in [1.54, 1.807) is 6.92 Å². The van der Waals surface area contributed by atoms with E-state index in [1.165, 1.54) is 0 Å². The van der Waals surface area contributed by atoms with E-state index in [0.29, 0.717) is 12.5 Å². The summed E-state index contributed by atoms with van der Waals surface area (Å²) >= 11 is 0. The van der Waals surface area contributed by atoms with E-state index in [1.807, 2.05) is 0 Å². The monoisotopic (exact) mass is 419 g/mol. The van der Waals surface area contributed by atoms with Crippen molar-refractivity contribution in [2.45, 2.75) is 36.9 Å². The third-order valence-corrected chi connectivity index (χ3v) is 6.21. The predicted molar refractivity (Wildman–Crippen MR) is 90.6 cm³/mol. The Morgan fingerprint density at radius 3 is 2.71 bits per heavy atom. The Balaban J connectivity index is 1.76. The zero-order valence-corrected chi connectivity index (χ0v) is 15.6. The van der Waals surface area contributed by atoms with Gasteiger partial charge in [0.2, 0.25) is 15.8 Å². The lowest BCUT2D eigenvalue weighted by molar-refractivity contribution is -0.137. The number of halogens is 4. The highest BCUT2D eigenvalue weighted by atomic mass is 32.2. The molecular weight excluding hydrogens is 402 g/mol. The molecule has 0 saturated carbocycles. The maximum Gasteiger partial charge on any atom is 0.416 e. The van der Waals surface area contributed by atoms with Gasteiger partial charge in [-0.3, -0.25) is 0 Å². The van der Waals surface area contributed by atoms with Crippen LogP contribution in [0.5, 0.6) is 5.88 Å². The highest BCUT2D eigenvalue weighted by Crippen LogP contribution is 2.32. The van der Waals surface area contributed by atoms with E-state index in [-0.39, 0.29) is 31.1 Å². The summed E-state index contributed by atoms with van der Waals surface area (Å²) in [7, 11) is -4.14. The van der Waals surface area contributed by atoms with Crippen molar-refractivity contribution < 1.29 is 30.7 Å². The van der Waals surface area contributed by atoms with Gasteiger partial charge in [0.25, 0.3) is 5.88 Å². The fourth-order valence-corrected chi connectivity index (χ4v) is 4.40. The maximum absolute atomic E-state index is 14.2. The lowest BCUT2D eigenvalue weighted by Crippen LogP contribution is -2.31. The molecule has 0 spiro atoms. The van der Waals surface area contributed by atoms with Gasteiger partial charge in [-0.25, -0.2) is 13.4 Å². The molecule has 1 fully saturated rings. The second-order valence-corrected chi connectivity index (χ2v) is 8.15. The van der Waals surface area contributed by atoms with E-state index < -0.39 is 38.6 Å². The van der Waals surface area contributed by atoms with E-state index in [9.17, 15) is 26.0 Å². The first-order valence-corrected chi connectivity index (χ1v) is 9.90. The first-order valence-electron chi connectivity index (χ1n) is 8.46. The Hall–Kier alpha value is -2.27. The van der Waals surface area contributed by atoms with Gasteiger partial charge < -0.3 is 4.74 Å². The molecular formula is C17H17F4N3O3S. The molecule has 0 radical (unpaired) electrons. The molecule has 152 valence electrons. The van der Waals surface area contributed by atoms with Crippen molar-refractivity contribution in [2.75, 3.05) is 13.1 Å². The van der Waals surface area contributed by atoms with Crippen molar-refractivity contribution in [3.05, 3.63) is 47.7 Å². The molecule has 1 aromatic heterocycles. The van der Waals surface area contributed by atoms with Crippen LogP contribution >= 0.6 is 0 Å². The first-order chi connectivity index (χ1) is 13.1. The minimum Gasteiger partial charge on any atom is -0.471 e. The Bertz CT molecular complexity index is 966. The smallest absolute Gasteiger partial charge is 0.416 e. The van der Waals surface area contributed by atoms with Crippen molar-refractivity contribution in [3.63, 3.8) is 0 Å². The minimum absolute atomic E-state index is 0.0383. The molecule has 1 atom stereocenters. The van der Waals surface area contributed by atoms with Gasteiger partial charge in [-0.2, -0.15) is 26.9 Å². The Morgan fingerprint density at radius 1 is 1.29 bits per heavy atom. The SMILES string of the molecule is CCc1ncnc(OC2CCN(S(=O)(=O)c3cccc(C(F)(F)F)c3)C2)c1F. The Kier molecular flexibility index (Phi) is 5.57. The number of aryl methyl sites for hydroxylation is 1. The maximum atomic E-state index is 14.2. The van der Waals surface area contributed by atoms with Crippen LogP contribution in [0.25, 0.3) is 0 Å². The average Bonchev–Trinajstić information content (AvgIpc) is 3.12. The minimum atomic E-state index is -4.65. The molecule has 6 nitrogen and oxygen atoms in total.